The molecule has 6 heteroatoms. The van der Waals surface area contributed by atoms with E-state index >= 15 is 0 Å². The number of nitriles is 2. The van der Waals surface area contributed by atoms with Crippen molar-refractivity contribution in [2.24, 2.45) is 0 Å². The first-order chi connectivity index (χ1) is 33.0. The van der Waals surface area contributed by atoms with Gasteiger partial charge in [-0.2, -0.15) is 10.5 Å². The van der Waals surface area contributed by atoms with Gasteiger partial charge in [-0.1, -0.05) is 146 Å². The molecule has 6 nitrogen and oxygen atoms in total. The quantitative estimate of drug-likeness (QED) is 0.160. The molecular weight excluding hydrogens is 817 g/mol. The third-order valence-corrected chi connectivity index (χ3v) is 12.9. The van der Waals surface area contributed by atoms with Gasteiger partial charge in [-0.3, -0.25) is 9.97 Å². The predicted molar refractivity (Wildman–Crippen MR) is 272 cm³/mol. The number of rotatable bonds is 7. The molecule has 0 aliphatic carbocycles. The monoisotopic (exact) mass is 854 g/mol. The molecule has 67 heavy (non-hydrogen) atoms. The van der Waals surface area contributed by atoms with Gasteiger partial charge < -0.3 is 9.13 Å². The number of hydrogen-bond donors (Lipinski definition) is 0. The molecule has 4 heterocycles. The Balaban J connectivity index is 1.12. The average Bonchev–Trinajstić information content (AvgIpc) is 3.90. The minimum Gasteiger partial charge on any atom is -0.308 e. The smallest absolute Gasteiger partial charge is 0.104 e. The second-order valence-electron chi connectivity index (χ2n) is 16.9. The van der Waals surface area contributed by atoms with Gasteiger partial charge in [0.15, 0.2) is 0 Å². The van der Waals surface area contributed by atoms with E-state index in [-0.39, 0.29) is 0 Å². The van der Waals surface area contributed by atoms with E-state index in [0.717, 1.165) is 116 Å². The minimum absolute atomic E-state index is 0.501. The van der Waals surface area contributed by atoms with E-state index < -0.39 is 0 Å². The zero-order chi connectivity index (χ0) is 45.0. The topological polar surface area (TPSA) is 83.2 Å². The Morgan fingerprint density at radius 2 is 0.896 bits per heavy atom. The van der Waals surface area contributed by atoms with Gasteiger partial charge in [0.25, 0.3) is 0 Å². The van der Waals surface area contributed by atoms with Crippen LogP contribution >= 0.6 is 0 Å². The van der Waals surface area contributed by atoms with Crippen molar-refractivity contribution in [3.05, 3.63) is 229 Å². The molecule has 0 saturated heterocycles. The minimum atomic E-state index is 0.501. The number of hydrogen-bond acceptors (Lipinski definition) is 4. The molecule has 0 spiro atoms. The van der Waals surface area contributed by atoms with Crippen molar-refractivity contribution in [2.45, 2.75) is 6.92 Å². The second-order valence-corrected chi connectivity index (χ2v) is 16.9. The molecule has 8 aromatic carbocycles. The van der Waals surface area contributed by atoms with Crippen LogP contribution in [0.2, 0.25) is 0 Å². The third-order valence-electron chi connectivity index (χ3n) is 12.9. The van der Waals surface area contributed by atoms with E-state index in [1.165, 1.54) is 0 Å². The second kappa shape index (κ2) is 16.0. The van der Waals surface area contributed by atoms with E-state index in [1.807, 2.05) is 67.8 Å². The molecule has 12 rings (SSSR count). The van der Waals surface area contributed by atoms with Gasteiger partial charge in [-0.15, -0.1) is 0 Å². The zero-order valence-corrected chi connectivity index (χ0v) is 36.4. The molecular formula is C61H38N6. The van der Waals surface area contributed by atoms with Crippen molar-refractivity contribution in [1.82, 2.24) is 19.1 Å². The standard InChI is InChI=1S/C61H38N6/c1-39-30-40(35-62)32-47(31-39)48-26-29-58(66-56-18-10-8-16-49(56)51-24-20-43(33-59(51)66)45-22-27-54(64-37-45)41-12-4-2-5-13-41)53(36-63)61(48)67-57-19-11-9-17-50(57)52-25-21-44(34-60(52)67)46-23-28-55(65-38-46)42-14-6-3-7-15-42/h2-34,37-38H,1H3. The Hall–Kier alpha value is -9.36. The first-order valence-electron chi connectivity index (χ1n) is 22.2. The summed E-state index contributed by atoms with van der Waals surface area (Å²) in [6.07, 6.45) is 3.87. The van der Waals surface area contributed by atoms with Crippen LogP contribution in [0.25, 0.3) is 111 Å². The van der Waals surface area contributed by atoms with E-state index in [4.69, 9.17) is 9.97 Å². The zero-order valence-electron chi connectivity index (χ0n) is 36.4. The molecule has 12 aromatic rings. The van der Waals surface area contributed by atoms with Gasteiger partial charge in [0.2, 0.25) is 0 Å². The maximum absolute atomic E-state index is 11.8. The van der Waals surface area contributed by atoms with E-state index in [0.29, 0.717) is 11.1 Å². The van der Waals surface area contributed by atoms with Crippen LogP contribution in [0.1, 0.15) is 16.7 Å². The summed E-state index contributed by atoms with van der Waals surface area (Å²) in [5, 5.41) is 26.3. The van der Waals surface area contributed by atoms with Gasteiger partial charge in [0.05, 0.1) is 56.5 Å². The van der Waals surface area contributed by atoms with Crippen molar-refractivity contribution >= 4 is 43.6 Å². The van der Waals surface area contributed by atoms with Crippen LogP contribution in [-0.2, 0) is 0 Å². The Bertz CT molecular complexity index is 3980. The number of benzene rings is 8. The number of aryl methyl sites for hydroxylation is 1. The van der Waals surface area contributed by atoms with Crippen LogP contribution in [0.15, 0.2) is 213 Å². The van der Waals surface area contributed by atoms with Crippen molar-refractivity contribution in [1.29, 1.82) is 10.5 Å². The summed E-state index contributed by atoms with van der Waals surface area (Å²) in [4.78, 5) is 9.75. The van der Waals surface area contributed by atoms with Crippen LogP contribution < -0.4 is 0 Å². The molecule has 0 fully saturated rings. The number of aromatic nitrogens is 4. The third kappa shape index (κ3) is 6.64. The SMILES string of the molecule is Cc1cc(C#N)cc(-c2ccc(-n3c4ccccc4c4ccc(-c5ccc(-c6ccccc6)nc5)cc43)c(C#N)c2-n2c3ccccc3c3ccc(-c4ccc(-c5ccccc5)nc4)cc32)c1. The molecule has 0 unspecified atom stereocenters. The lowest BCUT2D eigenvalue weighted by molar-refractivity contribution is 1.12. The largest absolute Gasteiger partial charge is 0.308 e. The Kier molecular flexibility index (Phi) is 9.38. The first-order valence-corrected chi connectivity index (χ1v) is 22.2. The molecule has 0 bridgehead atoms. The summed E-state index contributed by atoms with van der Waals surface area (Å²) < 4.78 is 4.49. The highest BCUT2D eigenvalue weighted by atomic mass is 15.0. The fraction of sp³-hybridized carbons (Fsp3) is 0.0164. The maximum Gasteiger partial charge on any atom is 0.104 e. The highest BCUT2D eigenvalue weighted by Crippen LogP contribution is 2.43. The summed E-state index contributed by atoms with van der Waals surface area (Å²) in [5.41, 5.74) is 17.0. The lowest BCUT2D eigenvalue weighted by Gasteiger charge is -2.20. The Morgan fingerprint density at radius 1 is 0.388 bits per heavy atom. The number of para-hydroxylation sites is 2. The maximum atomic E-state index is 11.8. The van der Waals surface area contributed by atoms with Gasteiger partial charge in [0.1, 0.15) is 11.6 Å². The fourth-order valence-electron chi connectivity index (χ4n) is 9.83. The molecule has 312 valence electrons. The molecule has 0 N–H and O–H groups in total. The van der Waals surface area contributed by atoms with Gasteiger partial charge in [-0.25, -0.2) is 0 Å². The van der Waals surface area contributed by atoms with Crippen LogP contribution in [0.4, 0.5) is 0 Å². The number of nitrogens with zero attached hydrogens (tertiary/aromatic N) is 6. The molecule has 0 saturated carbocycles. The first kappa shape index (κ1) is 39.2. The average molecular weight is 855 g/mol. The van der Waals surface area contributed by atoms with Crippen molar-refractivity contribution in [3.63, 3.8) is 0 Å². The lowest BCUT2D eigenvalue weighted by atomic mass is 9.95. The summed E-state index contributed by atoms with van der Waals surface area (Å²) in [6, 6.07) is 73.9. The molecule has 0 aliphatic rings. The predicted octanol–water partition coefficient (Wildman–Crippen LogP) is 15.1. The highest BCUT2D eigenvalue weighted by molar-refractivity contribution is 6.12. The highest BCUT2D eigenvalue weighted by Gasteiger charge is 2.25. The van der Waals surface area contributed by atoms with Gasteiger partial charge >= 0.3 is 0 Å². The van der Waals surface area contributed by atoms with Crippen molar-refractivity contribution < 1.29 is 0 Å². The van der Waals surface area contributed by atoms with Crippen molar-refractivity contribution in [3.8, 4) is 79.4 Å². The van der Waals surface area contributed by atoms with E-state index in [1.54, 1.807) is 0 Å². The van der Waals surface area contributed by atoms with Crippen molar-refractivity contribution in [2.75, 3.05) is 0 Å². The Morgan fingerprint density at radius 3 is 1.43 bits per heavy atom. The number of pyridine rings is 2. The molecule has 4 aromatic heterocycles. The van der Waals surface area contributed by atoms with E-state index in [9.17, 15) is 10.5 Å². The molecule has 0 amide bonds. The summed E-state index contributed by atoms with van der Waals surface area (Å²) in [6.45, 7) is 2.01. The summed E-state index contributed by atoms with van der Waals surface area (Å²) >= 11 is 0. The van der Waals surface area contributed by atoms with Crippen LogP contribution in [0.5, 0.6) is 0 Å². The molecule has 0 aliphatic heterocycles. The van der Waals surface area contributed by atoms with Gasteiger partial charge in [0, 0.05) is 61.8 Å². The van der Waals surface area contributed by atoms with Crippen LogP contribution in [0, 0.1) is 29.6 Å². The normalized spacial score (nSPS) is 11.3. The molecule has 0 atom stereocenters. The number of fused-ring (bicyclic) bond motifs is 6. The summed E-state index contributed by atoms with van der Waals surface area (Å²) in [7, 11) is 0. The summed E-state index contributed by atoms with van der Waals surface area (Å²) in [5.74, 6) is 0. The molecule has 0 radical (unpaired) electrons. The van der Waals surface area contributed by atoms with Crippen LogP contribution in [-0.4, -0.2) is 19.1 Å². The fourth-order valence-corrected chi connectivity index (χ4v) is 9.83. The van der Waals surface area contributed by atoms with Gasteiger partial charge in [-0.05, 0) is 83.8 Å². The Labute approximate surface area is 387 Å². The lowest BCUT2D eigenvalue weighted by Crippen LogP contribution is -2.06. The van der Waals surface area contributed by atoms with Crippen LogP contribution in [0.3, 0.4) is 0 Å². The van der Waals surface area contributed by atoms with E-state index in [2.05, 4.69) is 173 Å².